The van der Waals surface area contributed by atoms with Gasteiger partial charge in [0.2, 0.25) is 0 Å². The minimum absolute atomic E-state index is 0.00774. The number of nitrogens with one attached hydrogen (secondary N) is 1. The summed E-state index contributed by atoms with van der Waals surface area (Å²) in [5.41, 5.74) is 3.06. The zero-order valence-electron chi connectivity index (χ0n) is 19.2. The van der Waals surface area contributed by atoms with Gasteiger partial charge in [-0.15, -0.1) is 0 Å². The average Bonchev–Trinajstić information content (AvgIpc) is 3.29. The quantitative estimate of drug-likeness (QED) is 0.220. The van der Waals surface area contributed by atoms with Crippen LogP contribution in [0.25, 0.3) is 11.0 Å². The molecule has 3 aromatic carbocycles. The Labute approximate surface area is 213 Å². The Morgan fingerprint density at radius 2 is 1.83 bits per heavy atom. The number of aromatic nitrogens is 2. The van der Waals surface area contributed by atoms with Gasteiger partial charge in [-0.3, -0.25) is 4.31 Å². The summed E-state index contributed by atoms with van der Waals surface area (Å²) >= 11 is 5.96. The van der Waals surface area contributed by atoms with Crippen LogP contribution in [0.1, 0.15) is 17.8 Å². The molecule has 1 aromatic heterocycles. The maximum atomic E-state index is 13.7. The lowest BCUT2D eigenvalue weighted by molar-refractivity contribution is 0.0929. The first kappa shape index (κ1) is 24.1. The summed E-state index contributed by atoms with van der Waals surface area (Å²) in [4.78, 5) is 20.3. The van der Waals surface area contributed by atoms with Gasteiger partial charge in [0.15, 0.2) is 0 Å². The van der Waals surface area contributed by atoms with E-state index in [-0.39, 0.29) is 18.0 Å². The Balaban J connectivity index is 1.33. The molecule has 0 aliphatic carbocycles. The van der Waals surface area contributed by atoms with Gasteiger partial charge in [0, 0.05) is 5.02 Å². The fourth-order valence-electron chi connectivity index (χ4n) is 4.33. The van der Waals surface area contributed by atoms with E-state index in [4.69, 9.17) is 22.2 Å². The fourth-order valence-corrected chi connectivity index (χ4v) is 6.16. The van der Waals surface area contributed by atoms with Crippen LogP contribution in [0.3, 0.4) is 0 Å². The lowest BCUT2D eigenvalue weighted by atomic mass is 9.98. The third kappa shape index (κ3) is 4.75. The zero-order chi connectivity index (χ0) is 25.3. The van der Waals surface area contributed by atoms with Crippen molar-refractivity contribution in [1.82, 2.24) is 15.0 Å². The number of aryl methyl sites for hydroxylation is 1. The van der Waals surface area contributed by atoms with Crippen molar-refractivity contribution in [3.63, 3.8) is 0 Å². The number of nitrogens with zero attached hydrogens (tertiary/aromatic N) is 3. The van der Waals surface area contributed by atoms with Crippen molar-refractivity contribution < 1.29 is 17.9 Å². The number of benzene rings is 3. The highest BCUT2D eigenvalue weighted by Gasteiger charge is 2.37. The van der Waals surface area contributed by atoms with E-state index >= 15 is 0 Å². The third-order valence-electron chi connectivity index (χ3n) is 6.07. The average molecular weight is 526 g/mol. The van der Waals surface area contributed by atoms with Crippen molar-refractivity contribution in [3.05, 3.63) is 89.2 Å². The van der Waals surface area contributed by atoms with Crippen LogP contribution < -0.4 is 10.1 Å². The SMILES string of the molecule is NN(Cc1nc2ccccc2[nH]1)C(=O)OCC1CCc2ccccc2N1S(=O)(=O)c1ccc(Cl)cc1. The first-order valence-corrected chi connectivity index (χ1v) is 13.2. The number of ether oxygens (including phenoxy) is 1. The number of sulfonamides is 1. The molecular formula is C25H24ClN5O4S. The highest BCUT2D eigenvalue weighted by molar-refractivity contribution is 7.92. The zero-order valence-corrected chi connectivity index (χ0v) is 20.7. The Morgan fingerprint density at radius 3 is 2.61 bits per heavy atom. The second kappa shape index (κ2) is 9.81. The molecule has 3 N–H and O–H groups in total. The molecule has 0 saturated carbocycles. The molecule has 11 heteroatoms. The van der Waals surface area contributed by atoms with E-state index in [1.54, 1.807) is 12.1 Å². The number of carbonyl (C=O) groups excluding carboxylic acids is 1. The molecule has 4 aromatic rings. The molecule has 9 nitrogen and oxygen atoms in total. The molecular weight excluding hydrogens is 502 g/mol. The molecule has 1 unspecified atom stereocenters. The summed E-state index contributed by atoms with van der Waals surface area (Å²) < 4.78 is 34.2. The number of hydrogen-bond acceptors (Lipinski definition) is 6. The fraction of sp³-hybridized carbons (Fsp3) is 0.200. The second-order valence-electron chi connectivity index (χ2n) is 8.48. The molecule has 0 fully saturated rings. The number of hydrogen-bond donors (Lipinski definition) is 2. The van der Waals surface area contributed by atoms with Gasteiger partial charge >= 0.3 is 6.09 Å². The number of nitrogens with two attached hydrogens (primary N) is 1. The van der Waals surface area contributed by atoms with Crippen molar-refractivity contribution in [1.29, 1.82) is 0 Å². The molecule has 0 saturated heterocycles. The maximum Gasteiger partial charge on any atom is 0.424 e. The van der Waals surface area contributed by atoms with Crippen LogP contribution in [0.2, 0.25) is 5.02 Å². The van der Waals surface area contributed by atoms with Crippen LogP contribution >= 0.6 is 11.6 Å². The summed E-state index contributed by atoms with van der Waals surface area (Å²) in [6.07, 6.45) is 0.347. The van der Waals surface area contributed by atoms with Crippen LogP contribution in [0, 0.1) is 0 Å². The second-order valence-corrected chi connectivity index (χ2v) is 10.7. The molecule has 1 amide bonds. The molecule has 36 heavy (non-hydrogen) atoms. The lowest BCUT2D eigenvalue weighted by Gasteiger charge is -2.37. The van der Waals surface area contributed by atoms with Gasteiger partial charge < -0.3 is 9.72 Å². The predicted octanol–water partition coefficient (Wildman–Crippen LogP) is 4.24. The monoisotopic (exact) mass is 525 g/mol. The summed E-state index contributed by atoms with van der Waals surface area (Å²) in [5, 5.41) is 1.35. The highest BCUT2D eigenvalue weighted by Crippen LogP contribution is 2.35. The van der Waals surface area contributed by atoms with E-state index < -0.39 is 22.2 Å². The predicted molar refractivity (Wildman–Crippen MR) is 137 cm³/mol. The number of carbonyl (C=O) groups is 1. The molecule has 0 radical (unpaired) electrons. The van der Waals surface area contributed by atoms with Crippen molar-refractivity contribution in [3.8, 4) is 0 Å². The first-order valence-electron chi connectivity index (χ1n) is 11.3. The van der Waals surface area contributed by atoms with Crippen molar-refractivity contribution >= 4 is 44.4 Å². The molecule has 0 spiro atoms. The Hall–Kier alpha value is -3.60. The molecule has 1 aliphatic heterocycles. The third-order valence-corrected chi connectivity index (χ3v) is 8.20. The van der Waals surface area contributed by atoms with Crippen molar-refractivity contribution in [2.24, 2.45) is 5.84 Å². The first-order chi connectivity index (χ1) is 17.3. The van der Waals surface area contributed by atoms with Crippen LogP contribution in [0.5, 0.6) is 0 Å². The van der Waals surface area contributed by atoms with E-state index in [1.165, 1.54) is 28.6 Å². The smallest absolute Gasteiger partial charge is 0.424 e. The van der Waals surface area contributed by atoms with Gasteiger partial charge in [0.25, 0.3) is 10.0 Å². The Bertz CT molecular complexity index is 1470. The van der Waals surface area contributed by atoms with Gasteiger partial charge in [-0.2, -0.15) is 0 Å². The van der Waals surface area contributed by atoms with E-state index in [2.05, 4.69) is 9.97 Å². The summed E-state index contributed by atoms with van der Waals surface area (Å²) in [5.74, 6) is 6.45. The van der Waals surface area contributed by atoms with Gasteiger partial charge in [-0.25, -0.2) is 29.0 Å². The van der Waals surface area contributed by atoms with E-state index in [9.17, 15) is 13.2 Å². The summed E-state index contributed by atoms with van der Waals surface area (Å²) in [6, 6.07) is 20.2. The molecule has 1 aliphatic rings. The number of hydrazine groups is 1. The number of imidazole rings is 1. The van der Waals surface area contributed by atoms with Gasteiger partial charge in [-0.05, 0) is 60.9 Å². The Kier molecular flexibility index (Phi) is 6.57. The molecule has 186 valence electrons. The standard InChI is InChI=1S/C25H24ClN5O4S/c26-18-10-13-20(14-11-18)36(33,34)31-19(12-9-17-5-1-4-8-23(17)31)16-35-25(32)30(27)15-24-28-21-6-2-3-7-22(21)29-24/h1-8,10-11,13-14,19H,9,12,15-16,27H2,(H,28,29). The van der Waals surface area contributed by atoms with Gasteiger partial charge in [0.05, 0.1) is 34.2 Å². The Morgan fingerprint density at radius 1 is 1.11 bits per heavy atom. The van der Waals surface area contributed by atoms with Crippen LogP contribution in [-0.2, 0) is 27.7 Å². The number of aromatic amines is 1. The van der Waals surface area contributed by atoms with Gasteiger partial charge in [-0.1, -0.05) is 41.9 Å². The van der Waals surface area contributed by atoms with Crippen LogP contribution in [-0.4, -0.2) is 42.1 Å². The summed E-state index contributed by atoms with van der Waals surface area (Å²) in [6.45, 7) is -0.151. The minimum Gasteiger partial charge on any atom is -0.446 e. The molecule has 5 rings (SSSR count). The minimum atomic E-state index is -3.95. The van der Waals surface area contributed by atoms with Crippen LogP contribution in [0.4, 0.5) is 10.5 Å². The van der Waals surface area contributed by atoms with Crippen LogP contribution in [0.15, 0.2) is 77.7 Å². The maximum absolute atomic E-state index is 13.7. The highest BCUT2D eigenvalue weighted by atomic mass is 35.5. The number of rotatable bonds is 6. The summed E-state index contributed by atoms with van der Waals surface area (Å²) in [7, 11) is -3.95. The number of halogens is 1. The molecule has 2 heterocycles. The van der Waals surface area contributed by atoms with Gasteiger partial charge in [0.1, 0.15) is 12.4 Å². The normalized spacial score (nSPS) is 15.5. The number of amides is 1. The number of fused-ring (bicyclic) bond motifs is 2. The van der Waals surface area contributed by atoms with E-state index in [1.807, 2.05) is 36.4 Å². The molecule has 0 bridgehead atoms. The number of anilines is 1. The largest absolute Gasteiger partial charge is 0.446 e. The van der Waals surface area contributed by atoms with E-state index in [0.717, 1.165) is 21.6 Å². The number of H-pyrrole nitrogens is 1. The van der Waals surface area contributed by atoms with Crippen molar-refractivity contribution in [2.45, 2.75) is 30.3 Å². The van der Waals surface area contributed by atoms with Crippen molar-refractivity contribution in [2.75, 3.05) is 10.9 Å². The topological polar surface area (TPSA) is 122 Å². The van der Waals surface area contributed by atoms with E-state index in [0.29, 0.717) is 29.4 Å². The lowest BCUT2D eigenvalue weighted by Crippen LogP contribution is -2.47. The number of para-hydroxylation sites is 3. The molecule has 1 atom stereocenters.